The Bertz CT molecular complexity index is 1450. The number of phenols is 1. The van der Waals surface area contributed by atoms with Crippen LogP contribution >= 0.6 is 0 Å². The number of phenolic OH excluding ortho intramolecular Hbond substituents is 1. The van der Waals surface area contributed by atoms with Gasteiger partial charge in [0, 0.05) is 35.8 Å². The van der Waals surface area contributed by atoms with Crippen molar-refractivity contribution >= 4 is 17.3 Å². The molecule has 2 unspecified atom stereocenters. The largest absolute Gasteiger partial charge is 0.508 e. The normalized spacial score (nSPS) is 20.5. The zero-order valence-corrected chi connectivity index (χ0v) is 19.6. The van der Waals surface area contributed by atoms with E-state index in [1.807, 2.05) is 66.7 Å². The molecule has 2 aliphatic rings. The van der Waals surface area contributed by atoms with Gasteiger partial charge in [0.25, 0.3) is 0 Å². The molecule has 4 heteroatoms. The zero-order valence-electron chi connectivity index (χ0n) is 19.6. The van der Waals surface area contributed by atoms with Crippen LogP contribution in [0, 0.1) is 5.41 Å². The van der Waals surface area contributed by atoms with Gasteiger partial charge < -0.3 is 5.11 Å². The molecule has 1 fully saturated rings. The number of benzene rings is 4. The van der Waals surface area contributed by atoms with Gasteiger partial charge in [-0.15, -0.1) is 0 Å². The van der Waals surface area contributed by atoms with E-state index < -0.39 is 17.3 Å². The van der Waals surface area contributed by atoms with Crippen LogP contribution in [-0.2, 0) is 4.79 Å². The fourth-order valence-corrected chi connectivity index (χ4v) is 6.17. The van der Waals surface area contributed by atoms with Crippen molar-refractivity contribution in [3.05, 3.63) is 125 Å². The molecule has 0 saturated heterocycles. The molecule has 0 aliphatic heterocycles. The third-order valence-corrected chi connectivity index (χ3v) is 7.85. The van der Waals surface area contributed by atoms with Gasteiger partial charge in [-0.25, -0.2) is 0 Å². The van der Waals surface area contributed by atoms with Crippen LogP contribution in [0.5, 0.6) is 5.75 Å². The van der Waals surface area contributed by atoms with Crippen LogP contribution in [0.3, 0.4) is 0 Å². The predicted molar refractivity (Wildman–Crippen MR) is 137 cm³/mol. The Hall–Kier alpha value is -4.31. The third-order valence-electron chi connectivity index (χ3n) is 7.85. The van der Waals surface area contributed by atoms with E-state index in [2.05, 4.69) is 0 Å². The van der Waals surface area contributed by atoms with Gasteiger partial charge in [-0.05, 0) is 34.4 Å². The number of hydrogen-bond donors (Lipinski definition) is 1. The van der Waals surface area contributed by atoms with E-state index in [4.69, 9.17) is 0 Å². The second-order valence-corrected chi connectivity index (χ2v) is 9.70. The standard InChI is InChI=1S/C32H24O4/c33-24-16-14-21(15-17-24)20-10-12-23(13-11-20)29-19-25(34)18-28(22-6-2-1-3-7-22)32(29)30(35)26-8-4-5-9-27(26)31(32)36/h1-17,28-29,33H,18-19H2. The van der Waals surface area contributed by atoms with E-state index >= 15 is 0 Å². The lowest BCUT2D eigenvalue weighted by Crippen LogP contribution is -2.49. The van der Waals surface area contributed by atoms with E-state index in [0.717, 1.165) is 22.3 Å². The summed E-state index contributed by atoms with van der Waals surface area (Å²) in [4.78, 5) is 41.6. The van der Waals surface area contributed by atoms with Crippen molar-refractivity contribution in [1.29, 1.82) is 0 Å². The van der Waals surface area contributed by atoms with Crippen molar-refractivity contribution in [2.75, 3.05) is 0 Å². The summed E-state index contributed by atoms with van der Waals surface area (Å²) in [6.07, 6.45) is 0.310. The van der Waals surface area contributed by atoms with Crippen LogP contribution in [0.4, 0.5) is 0 Å². The summed E-state index contributed by atoms with van der Waals surface area (Å²) in [7, 11) is 0. The Balaban J connectivity index is 1.51. The monoisotopic (exact) mass is 472 g/mol. The summed E-state index contributed by atoms with van der Waals surface area (Å²) >= 11 is 0. The summed E-state index contributed by atoms with van der Waals surface area (Å²) < 4.78 is 0. The molecule has 4 aromatic carbocycles. The van der Waals surface area contributed by atoms with Crippen LogP contribution < -0.4 is 0 Å². The van der Waals surface area contributed by atoms with E-state index in [0.29, 0.717) is 11.1 Å². The molecule has 1 saturated carbocycles. The third kappa shape index (κ3) is 3.25. The van der Waals surface area contributed by atoms with Gasteiger partial charge in [-0.1, -0.05) is 91.0 Å². The van der Waals surface area contributed by atoms with Gasteiger partial charge in [0.15, 0.2) is 11.6 Å². The minimum atomic E-state index is -1.36. The molecule has 1 N–H and O–H groups in total. The van der Waals surface area contributed by atoms with Crippen LogP contribution in [-0.4, -0.2) is 22.5 Å². The molecule has 0 aromatic heterocycles. The second kappa shape index (κ2) is 8.42. The molecule has 4 aromatic rings. The molecule has 0 radical (unpaired) electrons. The van der Waals surface area contributed by atoms with Gasteiger partial charge in [-0.3, -0.25) is 14.4 Å². The van der Waals surface area contributed by atoms with Gasteiger partial charge >= 0.3 is 0 Å². The lowest BCUT2D eigenvalue weighted by molar-refractivity contribution is -0.122. The molecule has 2 atom stereocenters. The number of Topliss-reactive ketones (excluding diaryl/α,β-unsaturated/α-hetero) is 3. The van der Waals surface area contributed by atoms with E-state index in [9.17, 15) is 19.5 Å². The maximum Gasteiger partial charge on any atom is 0.178 e. The van der Waals surface area contributed by atoms with Crippen molar-refractivity contribution < 1.29 is 19.5 Å². The van der Waals surface area contributed by atoms with Crippen molar-refractivity contribution in [3.8, 4) is 16.9 Å². The van der Waals surface area contributed by atoms with Crippen molar-refractivity contribution in [1.82, 2.24) is 0 Å². The van der Waals surface area contributed by atoms with Gasteiger partial charge in [0.1, 0.15) is 16.9 Å². The quantitative estimate of drug-likeness (QED) is 0.353. The van der Waals surface area contributed by atoms with Crippen molar-refractivity contribution in [2.24, 2.45) is 5.41 Å². The van der Waals surface area contributed by atoms with E-state index in [1.54, 1.807) is 36.4 Å². The highest BCUT2D eigenvalue weighted by atomic mass is 16.3. The molecule has 1 spiro atoms. The van der Waals surface area contributed by atoms with Gasteiger partial charge in [0.05, 0.1) is 0 Å². The summed E-state index contributed by atoms with van der Waals surface area (Å²) in [5.41, 5.74) is 3.07. The van der Waals surface area contributed by atoms with E-state index in [1.165, 1.54) is 0 Å². The lowest BCUT2D eigenvalue weighted by Gasteiger charge is -2.44. The van der Waals surface area contributed by atoms with Crippen LogP contribution in [0.25, 0.3) is 11.1 Å². The molecule has 2 aliphatic carbocycles. The minimum absolute atomic E-state index is 0.0543. The zero-order chi connectivity index (χ0) is 24.9. The van der Waals surface area contributed by atoms with Crippen LogP contribution in [0.2, 0.25) is 0 Å². The fourth-order valence-electron chi connectivity index (χ4n) is 6.17. The first-order chi connectivity index (χ1) is 17.5. The summed E-state index contributed by atoms with van der Waals surface area (Å²) in [6.45, 7) is 0. The number of fused-ring (bicyclic) bond motifs is 1. The Morgan fingerprint density at radius 1 is 0.556 bits per heavy atom. The predicted octanol–water partition coefficient (Wildman–Crippen LogP) is 6.36. The van der Waals surface area contributed by atoms with E-state index in [-0.39, 0.29) is 35.9 Å². The molecule has 0 heterocycles. The summed E-state index contributed by atoms with van der Waals surface area (Å²) in [5.74, 6) is -1.21. The Morgan fingerprint density at radius 2 is 1.00 bits per heavy atom. The van der Waals surface area contributed by atoms with Crippen LogP contribution in [0.1, 0.15) is 56.5 Å². The maximum absolute atomic E-state index is 14.2. The number of ketones is 3. The SMILES string of the molecule is O=C1CC(c2ccccc2)C2(C(=O)c3ccccc3C2=O)C(c2ccc(-c3ccc(O)cc3)cc2)C1. The molecule has 36 heavy (non-hydrogen) atoms. The van der Waals surface area contributed by atoms with Gasteiger partial charge in [-0.2, -0.15) is 0 Å². The lowest BCUT2D eigenvalue weighted by atomic mass is 9.54. The summed E-state index contributed by atoms with van der Waals surface area (Å²) in [6, 6.07) is 31.2. The Morgan fingerprint density at radius 3 is 1.53 bits per heavy atom. The Kier molecular flexibility index (Phi) is 5.18. The maximum atomic E-state index is 14.2. The molecular weight excluding hydrogens is 448 g/mol. The van der Waals surface area contributed by atoms with Crippen molar-refractivity contribution in [2.45, 2.75) is 24.7 Å². The fraction of sp³-hybridized carbons (Fsp3) is 0.156. The average Bonchev–Trinajstić information content (AvgIpc) is 3.14. The molecule has 6 rings (SSSR count). The number of carbonyl (C=O) groups excluding carboxylic acids is 3. The minimum Gasteiger partial charge on any atom is -0.508 e. The highest BCUT2D eigenvalue weighted by Gasteiger charge is 2.64. The number of hydrogen-bond acceptors (Lipinski definition) is 4. The highest BCUT2D eigenvalue weighted by Crippen LogP contribution is 2.60. The molecule has 0 amide bonds. The molecule has 0 bridgehead atoms. The highest BCUT2D eigenvalue weighted by molar-refractivity contribution is 6.31. The molecule has 4 nitrogen and oxygen atoms in total. The van der Waals surface area contributed by atoms with Crippen molar-refractivity contribution in [3.63, 3.8) is 0 Å². The first-order valence-corrected chi connectivity index (χ1v) is 12.1. The van der Waals surface area contributed by atoms with Crippen LogP contribution in [0.15, 0.2) is 103 Å². The Labute approximate surface area is 209 Å². The number of rotatable bonds is 3. The molecule has 176 valence electrons. The number of carbonyl (C=O) groups is 3. The topological polar surface area (TPSA) is 71.4 Å². The number of aromatic hydroxyl groups is 1. The first kappa shape index (κ1) is 22.2. The smallest absolute Gasteiger partial charge is 0.178 e. The molecular formula is C32H24O4. The first-order valence-electron chi connectivity index (χ1n) is 12.1. The average molecular weight is 473 g/mol. The van der Waals surface area contributed by atoms with Gasteiger partial charge in [0.2, 0.25) is 0 Å². The summed E-state index contributed by atoms with van der Waals surface area (Å²) in [5, 5.41) is 9.61. The second-order valence-electron chi connectivity index (χ2n) is 9.70.